The summed E-state index contributed by atoms with van der Waals surface area (Å²) in [6, 6.07) is 5.50. The van der Waals surface area contributed by atoms with Gasteiger partial charge in [-0.05, 0) is 30.3 Å². The predicted molar refractivity (Wildman–Crippen MR) is 76.3 cm³/mol. The van der Waals surface area contributed by atoms with Crippen LogP contribution in [0.2, 0.25) is 0 Å². The third kappa shape index (κ3) is 3.07. The number of hydrogen-bond donors (Lipinski definition) is 3. The minimum Gasteiger partial charge on any atom is -0.497 e. The Balaban J connectivity index is 2.21. The molecule has 1 aliphatic rings. The highest BCUT2D eigenvalue weighted by Crippen LogP contribution is 2.18. The van der Waals surface area contributed by atoms with Crippen molar-refractivity contribution in [3.05, 3.63) is 42.1 Å². The van der Waals surface area contributed by atoms with Crippen molar-refractivity contribution in [1.82, 2.24) is 10.2 Å². The Labute approximate surface area is 126 Å². The van der Waals surface area contributed by atoms with Gasteiger partial charge in [0.1, 0.15) is 12.3 Å². The highest BCUT2D eigenvalue weighted by molar-refractivity contribution is 6.06. The third-order valence-corrected chi connectivity index (χ3v) is 3.13. The van der Waals surface area contributed by atoms with E-state index in [0.717, 1.165) is 4.90 Å². The number of aliphatic carboxylic acids is 1. The van der Waals surface area contributed by atoms with Crippen molar-refractivity contribution in [2.24, 2.45) is 5.73 Å². The van der Waals surface area contributed by atoms with Crippen molar-refractivity contribution in [1.29, 1.82) is 0 Å². The van der Waals surface area contributed by atoms with Crippen molar-refractivity contribution in [2.75, 3.05) is 13.7 Å². The summed E-state index contributed by atoms with van der Waals surface area (Å²) in [5, 5.41) is 11.0. The molecule has 22 heavy (non-hydrogen) atoms. The maximum Gasteiger partial charge on any atom is 0.323 e. The molecule has 0 spiro atoms. The number of rotatable bonds is 5. The first-order valence-corrected chi connectivity index (χ1v) is 6.33. The average molecular weight is 305 g/mol. The summed E-state index contributed by atoms with van der Waals surface area (Å²) >= 11 is 0. The van der Waals surface area contributed by atoms with E-state index in [-0.39, 0.29) is 0 Å². The average Bonchev–Trinajstić information content (AvgIpc) is 2.49. The smallest absolute Gasteiger partial charge is 0.323 e. The predicted octanol–water partition coefficient (Wildman–Crippen LogP) is 0.156. The molecule has 1 aromatic rings. The van der Waals surface area contributed by atoms with Gasteiger partial charge in [-0.1, -0.05) is 0 Å². The molecule has 0 aliphatic carbocycles. The lowest BCUT2D eigenvalue weighted by Crippen LogP contribution is -2.64. The van der Waals surface area contributed by atoms with Gasteiger partial charge in [0.2, 0.25) is 5.78 Å². The van der Waals surface area contributed by atoms with Crippen molar-refractivity contribution in [2.45, 2.75) is 5.66 Å². The Morgan fingerprint density at radius 1 is 1.36 bits per heavy atom. The zero-order valence-electron chi connectivity index (χ0n) is 11.8. The van der Waals surface area contributed by atoms with E-state index in [1.54, 1.807) is 12.1 Å². The van der Waals surface area contributed by atoms with E-state index < -0.39 is 30.0 Å². The van der Waals surface area contributed by atoms with Gasteiger partial charge in [-0.15, -0.1) is 0 Å². The molecule has 0 saturated heterocycles. The molecule has 116 valence electrons. The number of carbonyl (C=O) groups excluding carboxylic acids is 2. The van der Waals surface area contributed by atoms with Gasteiger partial charge in [-0.2, -0.15) is 0 Å². The number of carbonyl (C=O) groups is 3. The number of nitrogens with two attached hydrogens (primary N) is 1. The molecule has 8 heteroatoms. The Kier molecular flexibility index (Phi) is 4.13. The molecule has 2 amide bonds. The second kappa shape index (κ2) is 5.86. The molecule has 8 nitrogen and oxygen atoms in total. The lowest BCUT2D eigenvalue weighted by Gasteiger charge is -2.33. The minimum absolute atomic E-state index is 0.292. The van der Waals surface area contributed by atoms with E-state index in [9.17, 15) is 14.4 Å². The molecule has 1 aliphatic heterocycles. The first-order chi connectivity index (χ1) is 10.4. The second-order valence-corrected chi connectivity index (χ2v) is 4.69. The number of urea groups is 1. The summed E-state index contributed by atoms with van der Waals surface area (Å²) in [7, 11) is 1.50. The molecule has 1 aromatic carbocycles. The molecule has 1 unspecified atom stereocenters. The van der Waals surface area contributed by atoms with Crippen molar-refractivity contribution in [3.63, 3.8) is 0 Å². The van der Waals surface area contributed by atoms with Crippen LogP contribution in [0.3, 0.4) is 0 Å². The molecule has 0 saturated carbocycles. The number of ketones is 1. The molecule has 0 radical (unpaired) electrons. The number of benzene rings is 1. The number of amides is 2. The SMILES string of the molecule is COc1ccc(C(=O)C2(N)C=CN(CC(=O)O)C(=O)N2)cc1. The van der Waals surface area contributed by atoms with Crippen LogP contribution in [0.15, 0.2) is 36.5 Å². The van der Waals surface area contributed by atoms with Gasteiger partial charge in [0.05, 0.1) is 7.11 Å². The highest BCUT2D eigenvalue weighted by atomic mass is 16.5. The van der Waals surface area contributed by atoms with Gasteiger partial charge in [-0.25, -0.2) is 4.79 Å². The number of carboxylic acid groups (broad SMARTS) is 1. The van der Waals surface area contributed by atoms with E-state index in [1.165, 1.54) is 31.5 Å². The van der Waals surface area contributed by atoms with Crippen LogP contribution in [0.5, 0.6) is 5.75 Å². The standard InChI is InChI=1S/C14H15N3O5/c1-22-10-4-2-9(3-5-10)12(20)14(15)6-7-17(8-11(18)19)13(21)16-14/h2-7H,8,15H2,1H3,(H,16,21)(H,18,19). The third-order valence-electron chi connectivity index (χ3n) is 3.13. The molecule has 2 rings (SSSR count). The normalized spacial score (nSPS) is 20.5. The van der Waals surface area contributed by atoms with E-state index in [2.05, 4.69) is 5.32 Å². The Morgan fingerprint density at radius 3 is 2.50 bits per heavy atom. The van der Waals surface area contributed by atoms with Gasteiger partial charge in [-0.3, -0.25) is 20.2 Å². The fraction of sp³-hybridized carbons (Fsp3) is 0.214. The zero-order valence-corrected chi connectivity index (χ0v) is 11.8. The molecule has 0 aromatic heterocycles. The monoisotopic (exact) mass is 305 g/mol. The summed E-state index contributed by atoms with van der Waals surface area (Å²) in [6.45, 7) is -0.519. The van der Waals surface area contributed by atoms with E-state index in [1.807, 2.05) is 0 Å². The number of nitrogens with zero attached hydrogens (tertiary/aromatic N) is 1. The Bertz CT molecular complexity index is 640. The molecule has 1 atom stereocenters. The van der Waals surface area contributed by atoms with Crippen LogP contribution < -0.4 is 15.8 Å². The molecule has 0 bridgehead atoms. The highest BCUT2D eigenvalue weighted by Gasteiger charge is 2.38. The quantitative estimate of drug-likeness (QED) is 0.666. The van der Waals surface area contributed by atoms with Crippen molar-refractivity contribution >= 4 is 17.8 Å². The van der Waals surface area contributed by atoms with Gasteiger partial charge < -0.3 is 15.2 Å². The van der Waals surface area contributed by atoms with Gasteiger partial charge >= 0.3 is 12.0 Å². The summed E-state index contributed by atoms with van der Waals surface area (Å²) in [5.74, 6) is -1.11. The Morgan fingerprint density at radius 2 is 2.00 bits per heavy atom. The maximum absolute atomic E-state index is 12.4. The number of hydrogen-bond acceptors (Lipinski definition) is 5. The number of carboxylic acids is 1. The van der Waals surface area contributed by atoms with Crippen molar-refractivity contribution in [3.8, 4) is 5.75 Å². The second-order valence-electron chi connectivity index (χ2n) is 4.69. The van der Waals surface area contributed by atoms with Gasteiger partial charge in [0.15, 0.2) is 5.66 Å². The van der Waals surface area contributed by atoms with Crippen LogP contribution in [0.1, 0.15) is 10.4 Å². The minimum atomic E-state index is -1.72. The zero-order chi connectivity index (χ0) is 16.3. The number of methoxy groups -OCH3 is 1. The Hall–Kier alpha value is -2.87. The van der Waals surface area contributed by atoms with Crippen LogP contribution in [0.25, 0.3) is 0 Å². The first-order valence-electron chi connectivity index (χ1n) is 6.33. The first kappa shape index (κ1) is 15.5. The van der Waals surface area contributed by atoms with Crippen LogP contribution >= 0.6 is 0 Å². The van der Waals surface area contributed by atoms with Crippen molar-refractivity contribution < 1.29 is 24.2 Å². The summed E-state index contributed by atoms with van der Waals surface area (Å²) < 4.78 is 5.00. The number of nitrogens with one attached hydrogen (secondary N) is 1. The topological polar surface area (TPSA) is 122 Å². The molecular formula is C14H15N3O5. The molecule has 0 fully saturated rings. The molecule has 4 N–H and O–H groups in total. The van der Waals surface area contributed by atoms with Crippen LogP contribution in [-0.4, -0.2) is 47.1 Å². The van der Waals surface area contributed by atoms with E-state index in [0.29, 0.717) is 11.3 Å². The van der Waals surface area contributed by atoms with Crippen LogP contribution in [0, 0.1) is 0 Å². The summed E-state index contributed by atoms with van der Waals surface area (Å²) in [6.07, 6.45) is 2.44. The molecular weight excluding hydrogens is 290 g/mol. The fourth-order valence-electron chi connectivity index (χ4n) is 1.95. The number of ether oxygens (including phenoxy) is 1. The number of Topliss-reactive ketones (excluding diaryl/α,β-unsaturated/α-hetero) is 1. The van der Waals surface area contributed by atoms with Crippen LogP contribution in [-0.2, 0) is 4.79 Å². The lowest BCUT2D eigenvalue weighted by atomic mass is 9.97. The van der Waals surface area contributed by atoms with E-state index in [4.69, 9.17) is 15.6 Å². The van der Waals surface area contributed by atoms with Gasteiger partial charge in [0, 0.05) is 11.8 Å². The van der Waals surface area contributed by atoms with Crippen LogP contribution in [0.4, 0.5) is 4.79 Å². The maximum atomic E-state index is 12.4. The largest absolute Gasteiger partial charge is 0.497 e. The molecule has 1 heterocycles. The van der Waals surface area contributed by atoms with Gasteiger partial charge in [0.25, 0.3) is 0 Å². The lowest BCUT2D eigenvalue weighted by molar-refractivity contribution is -0.137. The summed E-state index contributed by atoms with van der Waals surface area (Å²) in [5.41, 5.74) is 4.49. The van der Waals surface area contributed by atoms with E-state index >= 15 is 0 Å². The summed E-state index contributed by atoms with van der Waals surface area (Å²) in [4.78, 5) is 35.8. The fourth-order valence-corrected chi connectivity index (χ4v) is 1.95.